The van der Waals surface area contributed by atoms with Gasteiger partial charge in [0.2, 0.25) is 0 Å². The number of aromatic nitrogens is 3. The molecule has 4 aromatic rings. The number of hydrazine groups is 1. The molecule has 0 fully saturated rings. The highest BCUT2D eigenvalue weighted by Crippen LogP contribution is 2.35. The number of carbonyl (C=O) groups is 1. The van der Waals surface area contributed by atoms with Crippen LogP contribution in [0.3, 0.4) is 0 Å². The van der Waals surface area contributed by atoms with Gasteiger partial charge in [0, 0.05) is 34.6 Å². The Labute approximate surface area is 190 Å². The molecule has 0 aliphatic heterocycles. The predicted octanol–water partition coefficient (Wildman–Crippen LogP) is 2.33. The average molecular weight is 469 g/mol. The molecule has 0 bridgehead atoms. The Morgan fingerprint density at radius 1 is 1.06 bits per heavy atom. The van der Waals surface area contributed by atoms with Gasteiger partial charge in [0.15, 0.2) is 11.7 Å². The molecule has 13 heteroatoms. The van der Waals surface area contributed by atoms with Crippen molar-refractivity contribution in [2.24, 2.45) is 16.7 Å². The molecular weight excluding hydrogens is 451 g/mol. The van der Waals surface area contributed by atoms with E-state index in [2.05, 4.69) is 25.9 Å². The van der Waals surface area contributed by atoms with E-state index in [1.807, 2.05) is 0 Å². The predicted molar refractivity (Wildman–Crippen MR) is 120 cm³/mol. The van der Waals surface area contributed by atoms with Gasteiger partial charge in [-0.1, -0.05) is 12.1 Å². The summed E-state index contributed by atoms with van der Waals surface area (Å²) in [7, 11) is 0. The summed E-state index contributed by atoms with van der Waals surface area (Å²) in [4.78, 5) is 20.6. The molecule has 1 amide bonds. The van der Waals surface area contributed by atoms with E-state index >= 15 is 0 Å². The van der Waals surface area contributed by atoms with Crippen LogP contribution in [0.25, 0.3) is 16.8 Å². The molecule has 0 spiro atoms. The molecule has 1 aromatic carbocycles. The summed E-state index contributed by atoms with van der Waals surface area (Å²) in [5, 5.41) is 6.34. The maximum atomic E-state index is 13.2. The number of nitrogens with two attached hydrogens (primary N) is 3. The van der Waals surface area contributed by atoms with E-state index in [1.165, 1.54) is 18.5 Å². The van der Waals surface area contributed by atoms with Crippen LogP contribution in [0.2, 0.25) is 0 Å². The first kappa shape index (κ1) is 22.5. The van der Waals surface area contributed by atoms with Crippen LogP contribution in [-0.4, -0.2) is 26.1 Å². The lowest BCUT2D eigenvalue weighted by Gasteiger charge is -2.11. The molecule has 34 heavy (non-hydrogen) atoms. The van der Waals surface area contributed by atoms with Crippen molar-refractivity contribution in [3.05, 3.63) is 77.7 Å². The van der Waals surface area contributed by atoms with Crippen molar-refractivity contribution in [2.75, 3.05) is 11.1 Å². The van der Waals surface area contributed by atoms with E-state index in [-0.39, 0.29) is 17.2 Å². The van der Waals surface area contributed by atoms with Crippen LogP contribution in [0.5, 0.6) is 0 Å². The van der Waals surface area contributed by atoms with Crippen molar-refractivity contribution >= 4 is 29.0 Å². The summed E-state index contributed by atoms with van der Waals surface area (Å²) in [6, 6.07) is 10.6. The zero-order valence-electron chi connectivity index (χ0n) is 17.3. The lowest BCUT2D eigenvalue weighted by atomic mass is 10.1. The van der Waals surface area contributed by atoms with E-state index in [0.717, 1.165) is 6.07 Å². The molecule has 0 aliphatic rings. The van der Waals surface area contributed by atoms with Gasteiger partial charge in [0.25, 0.3) is 5.91 Å². The van der Waals surface area contributed by atoms with Crippen LogP contribution in [0.4, 0.5) is 24.8 Å². The van der Waals surface area contributed by atoms with Gasteiger partial charge in [0.05, 0.1) is 11.8 Å². The number of hydrazone groups is 1. The number of amides is 1. The molecule has 4 rings (SSSR count). The minimum Gasteiger partial charge on any atom is -0.383 e. The van der Waals surface area contributed by atoms with Crippen LogP contribution in [0.15, 0.2) is 66.2 Å². The number of benzene rings is 1. The topological polar surface area (TPSA) is 162 Å². The summed E-state index contributed by atoms with van der Waals surface area (Å²) in [6.07, 6.45) is -0.265. The number of anilines is 2. The molecule has 0 unspecified atom stereocenters. The number of halogens is 3. The van der Waals surface area contributed by atoms with Gasteiger partial charge in [-0.25, -0.2) is 21.3 Å². The Bertz CT molecular complexity index is 1410. The summed E-state index contributed by atoms with van der Waals surface area (Å²) in [5.74, 6) is 4.41. The number of carbonyl (C=O) groups excluding carboxylic acids is 1. The van der Waals surface area contributed by atoms with Gasteiger partial charge in [0.1, 0.15) is 11.5 Å². The summed E-state index contributed by atoms with van der Waals surface area (Å²) < 4.78 is 41.1. The molecule has 10 nitrogen and oxygen atoms in total. The molecule has 0 saturated carbocycles. The number of fused-ring (bicyclic) bond motifs is 1. The van der Waals surface area contributed by atoms with Crippen molar-refractivity contribution in [1.82, 2.24) is 19.9 Å². The first-order valence-electron chi connectivity index (χ1n) is 9.68. The van der Waals surface area contributed by atoms with Gasteiger partial charge < -0.3 is 21.2 Å². The maximum Gasteiger partial charge on any atom is 0.419 e. The van der Waals surface area contributed by atoms with Gasteiger partial charge in [-0.2, -0.15) is 13.2 Å². The number of imidazole rings is 1. The Hall–Kier alpha value is -4.65. The quantitative estimate of drug-likeness (QED) is 0.130. The van der Waals surface area contributed by atoms with Crippen molar-refractivity contribution < 1.29 is 18.0 Å². The van der Waals surface area contributed by atoms with Crippen LogP contribution in [0.1, 0.15) is 21.5 Å². The monoisotopic (exact) mass is 469 g/mol. The fourth-order valence-electron chi connectivity index (χ4n) is 3.23. The van der Waals surface area contributed by atoms with Crippen LogP contribution < -0.4 is 28.2 Å². The Morgan fingerprint density at radius 2 is 1.82 bits per heavy atom. The number of pyridine rings is 2. The molecule has 0 atom stereocenters. The summed E-state index contributed by atoms with van der Waals surface area (Å²) >= 11 is 0. The number of nitrogens with zero attached hydrogens (tertiary/aromatic N) is 4. The molecule has 0 radical (unpaired) electrons. The minimum atomic E-state index is -4.63. The standard InChI is InChI=1S/C21H18F3N9O/c22-21(23,24)15-7-14(8-28-19(15)26)13-4-5-17-29-16(10-33(17)9-13)30-20(34)12-3-1-2-11(6-12)18(25)31-32-27/h1-10,32H,27H2,(H2,25,31)(H2,26,28)(H,30,34). The molecule has 3 heterocycles. The highest BCUT2D eigenvalue weighted by molar-refractivity contribution is 6.06. The zero-order chi connectivity index (χ0) is 24.5. The second-order valence-electron chi connectivity index (χ2n) is 7.13. The van der Waals surface area contributed by atoms with E-state index < -0.39 is 23.5 Å². The number of alkyl halides is 3. The van der Waals surface area contributed by atoms with Gasteiger partial charge in [-0.3, -0.25) is 4.79 Å². The largest absolute Gasteiger partial charge is 0.419 e. The molecule has 0 saturated heterocycles. The Balaban J connectivity index is 1.60. The number of amidine groups is 1. The van der Waals surface area contributed by atoms with E-state index in [0.29, 0.717) is 22.3 Å². The number of rotatable bonds is 5. The number of hydrogen-bond acceptors (Lipinski definition) is 7. The third-order valence-electron chi connectivity index (χ3n) is 4.86. The average Bonchev–Trinajstić information content (AvgIpc) is 3.20. The lowest BCUT2D eigenvalue weighted by molar-refractivity contribution is -0.137. The van der Waals surface area contributed by atoms with Crippen LogP contribution >= 0.6 is 0 Å². The molecule has 174 valence electrons. The second kappa shape index (κ2) is 8.71. The second-order valence-corrected chi connectivity index (χ2v) is 7.13. The zero-order valence-corrected chi connectivity index (χ0v) is 17.3. The normalized spacial score (nSPS) is 12.1. The fourth-order valence-corrected chi connectivity index (χ4v) is 3.23. The smallest absolute Gasteiger partial charge is 0.383 e. The van der Waals surface area contributed by atoms with Crippen molar-refractivity contribution in [1.29, 1.82) is 0 Å². The highest BCUT2D eigenvalue weighted by atomic mass is 19.4. The Kier molecular flexibility index (Phi) is 5.77. The van der Waals surface area contributed by atoms with Crippen LogP contribution in [-0.2, 0) is 6.18 Å². The number of hydrogen-bond donors (Lipinski definition) is 5. The highest BCUT2D eigenvalue weighted by Gasteiger charge is 2.34. The third-order valence-corrected chi connectivity index (χ3v) is 4.86. The lowest BCUT2D eigenvalue weighted by Crippen LogP contribution is -2.23. The fraction of sp³-hybridized carbons (Fsp3) is 0.0476. The van der Waals surface area contributed by atoms with Gasteiger partial charge in [-0.15, -0.1) is 5.10 Å². The van der Waals surface area contributed by atoms with Gasteiger partial charge >= 0.3 is 6.18 Å². The third kappa shape index (κ3) is 4.59. The van der Waals surface area contributed by atoms with E-state index in [9.17, 15) is 18.0 Å². The molecule has 8 N–H and O–H groups in total. The SMILES string of the molecule is NN/N=C(\N)c1cccc(C(=O)Nc2cn3cc(-c4cnc(N)c(C(F)(F)F)c4)ccc3n2)c1. The first-order chi connectivity index (χ1) is 16.2. The van der Waals surface area contributed by atoms with E-state index in [4.69, 9.17) is 17.3 Å². The van der Waals surface area contributed by atoms with Crippen molar-refractivity contribution in [3.8, 4) is 11.1 Å². The summed E-state index contributed by atoms with van der Waals surface area (Å²) in [5.41, 5.74) is 14.2. The van der Waals surface area contributed by atoms with E-state index in [1.54, 1.807) is 40.9 Å². The molecule has 0 aliphatic carbocycles. The molecular formula is C21H18F3N9O. The number of nitrogen functional groups attached to an aromatic ring is 1. The van der Waals surface area contributed by atoms with Crippen molar-refractivity contribution in [3.63, 3.8) is 0 Å². The maximum absolute atomic E-state index is 13.2. The molecule has 3 aromatic heterocycles. The van der Waals surface area contributed by atoms with Crippen LogP contribution in [0, 0.1) is 0 Å². The minimum absolute atomic E-state index is 0.100. The van der Waals surface area contributed by atoms with Crippen molar-refractivity contribution in [2.45, 2.75) is 6.18 Å². The first-order valence-corrected chi connectivity index (χ1v) is 9.68. The number of nitrogens with one attached hydrogen (secondary N) is 2. The Morgan fingerprint density at radius 3 is 2.56 bits per heavy atom. The summed E-state index contributed by atoms with van der Waals surface area (Å²) in [6.45, 7) is 0. The van der Waals surface area contributed by atoms with Gasteiger partial charge in [-0.05, 0) is 30.3 Å².